The number of likely N-dealkylation sites (N-methyl/N-ethyl adjacent to an activating group) is 1. The van der Waals surface area contributed by atoms with Gasteiger partial charge < -0.3 is 10.1 Å². The molecule has 0 unspecified atom stereocenters. The molecule has 0 heterocycles. The highest BCUT2D eigenvalue weighted by atomic mass is 35.5. The predicted molar refractivity (Wildman–Crippen MR) is 101 cm³/mol. The van der Waals surface area contributed by atoms with Crippen molar-refractivity contribution in [2.24, 2.45) is 0 Å². The van der Waals surface area contributed by atoms with E-state index in [1.807, 2.05) is 42.3 Å². The molecule has 1 atom stereocenters. The first kappa shape index (κ1) is 19.8. The molecule has 0 radical (unpaired) electrons. The van der Waals surface area contributed by atoms with Crippen molar-refractivity contribution < 1.29 is 14.3 Å². The number of benzene rings is 2. The average Bonchev–Trinajstić information content (AvgIpc) is 2.64. The molecular formula is C19H22ClN3O3. The SMILES string of the molecule is CNC(=O)NC(=O)[C@@H](c1ccccc1)N(C)CCOc1ccc(Cl)cc1. The molecule has 3 amide bonds. The average molecular weight is 376 g/mol. The zero-order valence-electron chi connectivity index (χ0n) is 14.7. The first-order valence-corrected chi connectivity index (χ1v) is 8.55. The Morgan fingerprint density at radius 2 is 1.77 bits per heavy atom. The molecule has 2 aromatic rings. The molecular weight excluding hydrogens is 354 g/mol. The monoisotopic (exact) mass is 375 g/mol. The number of hydrogen-bond donors (Lipinski definition) is 2. The third-order valence-electron chi connectivity index (χ3n) is 3.79. The number of imide groups is 1. The van der Waals surface area contributed by atoms with Crippen LogP contribution in [0.15, 0.2) is 54.6 Å². The standard InChI is InChI=1S/C19H22ClN3O3/c1-21-19(25)22-18(24)17(14-6-4-3-5-7-14)23(2)12-13-26-16-10-8-15(20)9-11-16/h3-11,17H,12-13H2,1-2H3,(H2,21,22,24,25)/t17-/m1/s1. The lowest BCUT2D eigenvalue weighted by molar-refractivity contribution is -0.125. The molecule has 0 saturated carbocycles. The van der Waals surface area contributed by atoms with E-state index in [4.69, 9.17) is 16.3 Å². The van der Waals surface area contributed by atoms with Crippen LogP contribution in [0.5, 0.6) is 5.75 Å². The Balaban J connectivity index is 2.02. The van der Waals surface area contributed by atoms with E-state index in [1.165, 1.54) is 7.05 Å². The van der Waals surface area contributed by atoms with E-state index in [0.29, 0.717) is 23.9 Å². The van der Waals surface area contributed by atoms with Crippen LogP contribution in [-0.2, 0) is 4.79 Å². The second-order valence-corrected chi connectivity index (χ2v) is 6.10. The molecule has 2 rings (SSSR count). The van der Waals surface area contributed by atoms with Gasteiger partial charge in [0.05, 0.1) is 0 Å². The molecule has 0 spiro atoms. The van der Waals surface area contributed by atoms with Crippen LogP contribution in [0.4, 0.5) is 4.79 Å². The van der Waals surface area contributed by atoms with Crippen LogP contribution in [0.1, 0.15) is 11.6 Å². The van der Waals surface area contributed by atoms with Gasteiger partial charge in [0.15, 0.2) is 0 Å². The molecule has 6 nitrogen and oxygen atoms in total. The Hall–Kier alpha value is -2.57. The summed E-state index contributed by atoms with van der Waals surface area (Å²) in [6.45, 7) is 0.873. The van der Waals surface area contributed by atoms with Gasteiger partial charge in [-0.2, -0.15) is 0 Å². The van der Waals surface area contributed by atoms with Crippen molar-refractivity contribution in [3.8, 4) is 5.75 Å². The van der Waals surface area contributed by atoms with Gasteiger partial charge in [-0.05, 0) is 36.9 Å². The van der Waals surface area contributed by atoms with Gasteiger partial charge in [0.2, 0.25) is 5.91 Å². The smallest absolute Gasteiger partial charge is 0.321 e. The first-order chi connectivity index (χ1) is 12.5. The number of urea groups is 1. The Labute approximate surface area is 158 Å². The number of carbonyl (C=O) groups is 2. The van der Waals surface area contributed by atoms with Crippen LogP contribution < -0.4 is 15.4 Å². The number of nitrogens with zero attached hydrogens (tertiary/aromatic N) is 1. The maximum atomic E-state index is 12.6. The highest BCUT2D eigenvalue weighted by Gasteiger charge is 2.26. The number of ether oxygens (including phenoxy) is 1. The Bertz CT molecular complexity index is 723. The first-order valence-electron chi connectivity index (χ1n) is 8.17. The molecule has 26 heavy (non-hydrogen) atoms. The summed E-state index contributed by atoms with van der Waals surface area (Å²) in [5, 5.41) is 5.37. The number of amides is 3. The maximum absolute atomic E-state index is 12.6. The highest BCUT2D eigenvalue weighted by molar-refractivity contribution is 6.30. The zero-order valence-corrected chi connectivity index (χ0v) is 15.5. The summed E-state index contributed by atoms with van der Waals surface area (Å²) >= 11 is 5.85. The maximum Gasteiger partial charge on any atom is 0.321 e. The third kappa shape index (κ3) is 5.75. The fraction of sp³-hybridized carbons (Fsp3) is 0.263. The van der Waals surface area contributed by atoms with Crippen molar-refractivity contribution in [3.63, 3.8) is 0 Å². The number of carbonyl (C=O) groups excluding carboxylic acids is 2. The van der Waals surface area contributed by atoms with Gasteiger partial charge in [-0.1, -0.05) is 41.9 Å². The highest BCUT2D eigenvalue weighted by Crippen LogP contribution is 2.20. The van der Waals surface area contributed by atoms with E-state index in [-0.39, 0.29) is 0 Å². The lowest BCUT2D eigenvalue weighted by atomic mass is 10.0. The number of halogens is 1. The Kier molecular flexibility index (Phi) is 7.44. The van der Waals surface area contributed by atoms with Gasteiger partial charge in [0, 0.05) is 18.6 Å². The minimum atomic E-state index is -0.609. The summed E-state index contributed by atoms with van der Waals surface area (Å²) in [7, 11) is 3.27. The summed E-state index contributed by atoms with van der Waals surface area (Å²) in [6.07, 6.45) is 0. The number of hydrogen-bond acceptors (Lipinski definition) is 4. The molecule has 0 aliphatic carbocycles. The van der Waals surface area contributed by atoms with E-state index in [2.05, 4.69) is 10.6 Å². The second-order valence-electron chi connectivity index (χ2n) is 5.66. The van der Waals surface area contributed by atoms with Crippen LogP contribution in [0, 0.1) is 0 Å². The third-order valence-corrected chi connectivity index (χ3v) is 4.05. The minimum Gasteiger partial charge on any atom is -0.492 e. The summed E-state index contributed by atoms with van der Waals surface area (Å²) in [4.78, 5) is 25.9. The van der Waals surface area contributed by atoms with Crippen LogP contribution in [0.3, 0.4) is 0 Å². The van der Waals surface area contributed by atoms with E-state index in [0.717, 1.165) is 5.56 Å². The lowest BCUT2D eigenvalue weighted by Gasteiger charge is -2.27. The van der Waals surface area contributed by atoms with E-state index in [1.54, 1.807) is 24.3 Å². The molecule has 2 N–H and O–H groups in total. The normalized spacial score (nSPS) is 11.7. The molecule has 0 aliphatic rings. The summed E-state index contributed by atoms with van der Waals surface area (Å²) in [5.41, 5.74) is 0.794. The van der Waals surface area contributed by atoms with Crippen LogP contribution in [0.25, 0.3) is 0 Å². The minimum absolute atomic E-state index is 0.384. The van der Waals surface area contributed by atoms with Crippen molar-refractivity contribution in [1.29, 1.82) is 0 Å². The fourth-order valence-corrected chi connectivity index (χ4v) is 2.58. The van der Waals surface area contributed by atoms with E-state index >= 15 is 0 Å². The van der Waals surface area contributed by atoms with Crippen molar-refractivity contribution in [1.82, 2.24) is 15.5 Å². The second kappa shape index (κ2) is 9.79. The fourth-order valence-electron chi connectivity index (χ4n) is 2.45. The van der Waals surface area contributed by atoms with Crippen LogP contribution in [-0.4, -0.2) is 44.1 Å². The summed E-state index contributed by atoms with van der Waals surface area (Å²) in [5.74, 6) is 0.304. The number of rotatable bonds is 7. The zero-order chi connectivity index (χ0) is 18.9. The van der Waals surface area contributed by atoms with Crippen molar-refractivity contribution >= 4 is 23.5 Å². The van der Waals surface area contributed by atoms with Gasteiger partial charge in [0.25, 0.3) is 0 Å². The topological polar surface area (TPSA) is 70.7 Å². The van der Waals surface area contributed by atoms with E-state index < -0.39 is 18.0 Å². The van der Waals surface area contributed by atoms with Gasteiger partial charge in [-0.3, -0.25) is 15.0 Å². The quantitative estimate of drug-likeness (QED) is 0.780. The van der Waals surface area contributed by atoms with Crippen LogP contribution >= 0.6 is 11.6 Å². The van der Waals surface area contributed by atoms with Gasteiger partial charge in [-0.25, -0.2) is 4.79 Å². The van der Waals surface area contributed by atoms with Crippen molar-refractivity contribution in [3.05, 3.63) is 65.2 Å². The van der Waals surface area contributed by atoms with Crippen molar-refractivity contribution in [2.45, 2.75) is 6.04 Å². The molecule has 0 saturated heterocycles. The molecule has 0 aromatic heterocycles. The summed E-state index contributed by atoms with van der Waals surface area (Å²) in [6, 6.07) is 15.2. The Morgan fingerprint density at radius 1 is 1.12 bits per heavy atom. The Morgan fingerprint density at radius 3 is 2.38 bits per heavy atom. The van der Waals surface area contributed by atoms with Gasteiger partial charge in [-0.15, -0.1) is 0 Å². The molecule has 0 fully saturated rings. The predicted octanol–water partition coefficient (Wildman–Crippen LogP) is 2.85. The van der Waals surface area contributed by atoms with Crippen molar-refractivity contribution in [2.75, 3.05) is 27.2 Å². The van der Waals surface area contributed by atoms with E-state index in [9.17, 15) is 9.59 Å². The molecule has 2 aromatic carbocycles. The largest absolute Gasteiger partial charge is 0.492 e. The van der Waals surface area contributed by atoms with Gasteiger partial charge >= 0.3 is 6.03 Å². The number of nitrogens with one attached hydrogen (secondary N) is 2. The molecule has 0 bridgehead atoms. The van der Waals surface area contributed by atoms with Gasteiger partial charge in [0.1, 0.15) is 18.4 Å². The molecule has 0 aliphatic heterocycles. The van der Waals surface area contributed by atoms with Crippen LogP contribution in [0.2, 0.25) is 5.02 Å². The summed E-state index contributed by atoms with van der Waals surface area (Å²) < 4.78 is 5.69. The lowest BCUT2D eigenvalue weighted by Crippen LogP contribution is -2.45. The molecule has 138 valence electrons. The molecule has 7 heteroatoms.